The highest BCUT2D eigenvalue weighted by Gasteiger charge is 2.34. The number of benzene rings is 1. The van der Waals surface area contributed by atoms with E-state index in [9.17, 15) is 9.90 Å². The van der Waals surface area contributed by atoms with E-state index < -0.39 is 5.60 Å². The molecule has 1 unspecified atom stereocenters. The SMILES string of the molecule is CN1CCC(NC(=O)NCC2(O)CCCc3ccccc32)CC1. The number of likely N-dealkylation sites (tertiary alicyclic amines) is 1. The minimum Gasteiger partial charge on any atom is -0.383 e. The van der Waals surface area contributed by atoms with Crippen molar-refractivity contribution in [3.63, 3.8) is 0 Å². The molecule has 1 aliphatic carbocycles. The van der Waals surface area contributed by atoms with Crippen LogP contribution in [-0.2, 0) is 12.0 Å². The zero-order valence-electron chi connectivity index (χ0n) is 13.8. The van der Waals surface area contributed by atoms with E-state index in [1.54, 1.807) is 0 Å². The van der Waals surface area contributed by atoms with Gasteiger partial charge in [-0.3, -0.25) is 0 Å². The number of aryl methyl sites for hydroxylation is 1. The molecule has 1 aromatic carbocycles. The molecule has 1 saturated heterocycles. The van der Waals surface area contributed by atoms with Crippen LogP contribution in [0.4, 0.5) is 4.79 Å². The molecule has 3 rings (SSSR count). The molecular formula is C18H27N3O2. The van der Waals surface area contributed by atoms with E-state index in [-0.39, 0.29) is 18.6 Å². The van der Waals surface area contributed by atoms with Crippen LogP contribution in [0.2, 0.25) is 0 Å². The van der Waals surface area contributed by atoms with Crippen LogP contribution >= 0.6 is 0 Å². The summed E-state index contributed by atoms with van der Waals surface area (Å²) in [6.45, 7) is 2.30. The molecule has 2 amide bonds. The van der Waals surface area contributed by atoms with Gasteiger partial charge in [-0.05, 0) is 63.4 Å². The molecule has 2 aliphatic rings. The number of nitrogens with zero attached hydrogens (tertiary/aromatic N) is 1. The summed E-state index contributed by atoms with van der Waals surface area (Å²) < 4.78 is 0. The Hall–Kier alpha value is -1.59. The standard InChI is InChI=1S/C18H27N3O2/c1-21-11-8-15(9-12-21)20-17(22)19-13-18(23)10-4-6-14-5-2-3-7-16(14)18/h2-3,5,7,15,23H,4,6,8-13H2,1H3,(H2,19,20,22). The van der Waals surface area contributed by atoms with Gasteiger partial charge in [0, 0.05) is 6.04 Å². The van der Waals surface area contributed by atoms with Gasteiger partial charge in [0.15, 0.2) is 0 Å². The van der Waals surface area contributed by atoms with Gasteiger partial charge in [0.25, 0.3) is 0 Å². The molecule has 0 aromatic heterocycles. The number of nitrogens with one attached hydrogen (secondary N) is 2. The van der Waals surface area contributed by atoms with Crippen molar-refractivity contribution in [1.29, 1.82) is 0 Å². The van der Waals surface area contributed by atoms with Crippen LogP contribution in [0.1, 0.15) is 36.8 Å². The lowest BCUT2D eigenvalue weighted by molar-refractivity contribution is 0.0215. The number of carbonyl (C=O) groups is 1. The van der Waals surface area contributed by atoms with Crippen LogP contribution in [0.15, 0.2) is 24.3 Å². The molecule has 1 atom stereocenters. The quantitative estimate of drug-likeness (QED) is 0.793. The van der Waals surface area contributed by atoms with E-state index in [0.29, 0.717) is 6.42 Å². The Balaban J connectivity index is 1.55. The number of rotatable bonds is 3. The molecular weight excluding hydrogens is 290 g/mol. The fourth-order valence-electron chi connectivity index (χ4n) is 3.70. The number of hydrogen-bond acceptors (Lipinski definition) is 3. The van der Waals surface area contributed by atoms with Crippen molar-refractivity contribution >= 4 is 6.03 Å². The largest absolute Gasteiger partial charge is 0.383 e. The summed E-state index contributed by atoms with van der Waals surface area (Å²) in [5, 5.41) is 16.9. The number of carbonyl (C=O) groups excluding carboxylic acids is 1. The second kappa shape index (κ2) is 6.89. The smallest absolute Gasteiger partial charge is 0.315 e. The lowest BCUT2D eigenvalue weighted by atomic mass is 9.79. The predicted molar refractivity (Wildman–Crippen MR) is 90.3 cm³/mol. The molecule has 0 spiro atoms. The third-order valence-electron chi connectivity index (χ3n) is 5.15. The first-order chi connectivity index (χ1) is 11.1. The topological polar surface area (TPSA) is 64.6 Å². The molecule has 126 valence electrons. The minimum absolute atomic E-state index is 0.170. The molecule has 5 nitrogen and oxygen atoms in total. The molecule has 5 heteroatoms. The van der Waals surface area contributed by atoms with Crippen LogP contribution in [0.5, 0.6) is 0 Å². The third kappa shape index (κ3) is 3.85. The highest BCUT2D eigenvalue weighted by atomic mass is 16.3. The van der Waals surface area contributed by atoms with Crippen molar-refractivity contribution in [2.24, 2.45) is 0 Å². The highest BCUT2D eigenvalue weighted by molar-refractivity contribution is 5.74. The average Bonchev–Trinajstić information content (AvgIpc) is 2.56. The van der Waals surface area contributed by atoms with Crippen LogP contribution in [0.3, 0.4) is 0 Å². The van der Waals surface area contributed by atoms with Gasteiger partial charge >= 0.3 is 6.03 Å². The minimum atomic E-state index is -0.945. The van der Waals surface area contributed by atoms with Gasteiger partial charge in [-0.2, -0.15) is 0 Å². The molecule has 0 saturated carbocycles. The number of piperidine rings is 1. The van der Waals surface area contributed by atoms with Gasteiger partial charge in [0.1, 0.15) is 5.60 Å². The average molecular weight is 317 g/mol. The number of fused-ring (bicyclic) bond motifs is 1. The Bertz CT molecular complexity index is 555. The van der Waals surface area contributed by atoms with Crippen molar-refractivity contribution in [3.05, 3.63) is 35.4 Å². The highest BCUT2D eigenvalue weighted by Crippen LogP contribution is 2.34. The first-order valence-corrected chi connectivity index (χ1v) is 8.60. The molecule has 1 aromatic rings. The van der Waals surface area contributed by atoms with Crippen LogP contribution in [0.25, 0.3) is 0 Å². The van der Waals surface area contributed by atoms with Gasteiger partial charge in [-0.25, -0.2) is 4.79 Å². The van der Waals surface area contributed by atoms with E-state index in [4.69, 9.17) is 0 Å². The maximum Gasteiger partial charge on any atom is 0.315 e. The van der Waals surface area contributed by atoms with Crippen molar-refractivity contribution in [1.82, 2.24) is 15.5 Å². The van der Waals surface area contributed by atoms with E-state index >= 15 is 0 Å². The predicted octanol–water partition coefficient (Wildman–Crippen LogP) is 1.60. The monoisotopic (exact) mass is 317 g/mol. The van der Waals surface area contributed by atoms with Gasteiger partial charge in [-0.15, -0.1) is 0 Å². The number of hydrogen-bond donors (Lipinski definition) is 3. The Morgan fingerprint density at radius 3 is 2.87 bits per heavy atom. The number of urea groups is 1. The van der Waals surface area contributed by atoms with Gasteiger partial charge in [0.2, 0.25) is 0 Å². The zero-order chi connectivity index (χ0) is 16.3. The summed E-state index contributed by atoms with van der Waals surface area (Å²) in [6.07, 6.45) is 4.61. The van der Waals surface area contributed by atoms with Gasteiger partial charge in [-0.1, -0.05) is 24.3 Å². The lowest BCUT2D eigenvalue weighted by Gasteiger charge is -2.35. The van der Waals surface area contributed by atoms with E-state index in [2.05, 4.69) is 28.6 Å². The van der Waals surface area contributed by atoms with Gasteiger partial charge in [0.05, 0.1) is 6.54 Å². The molecule has 1 aliphatic heterocycles. The van der Waals surface area contributed by atoms with E-state index in [0.717, 1.165) is 44.3 Å². The second-order valence-corrected chi connectivity index (χ2v) is 6.95. The number of amides is 2. The Morgan fingerprint density at radius 1 is 1.35 bits per heavy atom. The number of aliphatic hydroxyl groups is 1. The summed E-state index contributed by atoms with van der Waals surface area (Å²) in [6, 6.07) is 8.07. The van der Waals surface area contributed by atoms with Crippen LogP contribution in [-0.4, -0.2) is 48.8 Å². The molecule has 1 heterocycles. The third-order valence-corrected chi connectivity index (χ3v) is 5.15. The maximum atomic E-state index is 12.1. The molecule has 23 heavy (non-hydrogen) atoms. The molecule has 0 radical (unpaired) electrons. The fourth-order valence-corrected chi connectivity index (χ4v) is 3.70. The van der Waals surface area contributed by atoms with E-state index in [1.807, 2.05) is 18.2 Å². The van der Waals surface area contributed by atoms with Crippen LogP contribution in [0, 0.1) is 0 Å². The lowest BCUT2D eigenvalue weighted by Crippen LogP contribution is -2.50. The first-order valence-electron chi connectivity index (χ1n) is 8.60. The zero-order valence-corrected chi connectivity index (χ0v) is 13.8. The van der Waals surface area contributed by atoms with Crippen molar-refractivity contribution in [3.8, 4) is 0 Å². The molecule has 3 N–H and O–H groups in total. The summed E-state index contributed by atoms with van der Waals surface area (Å²) in [5.74, 6) is 0. The Morgan fingerprint density at radius 2 is 2.09 bits per heavy atom. The summed E-state index contributed by atoms with van der Waals surface area (Å²) in [4.78, 5) is 14.4. The van der Waals surface area contributed by atoms with Crippen LogP contribution < -0.4 is 10.6 Å². The first kappa shape index (κ1) is 16.3. The summed E-state index contributed by atoms with van der Waals surface area (Å²) in [5.41, 5.74) is 1.21. The molecule has 0 bridgehead atoms. The van der Waals surface area contributed by atoms with E-state index in [1.165, 1.54) is 5.56 Å². The maximum absolute atomic E-state index is 12.1. The van der Waals surface area contributed by atoms with Crippen molar-refractivity contribution in [2.45, 2.75) is 43.7 Å². The normalized spacial score (nSPS) is 25.7. The summed E-state index contributed by atoms with van der Waals surface area (Å²) in [7, 11) is 2.10. The second-order valence-electron chi connectivity index (χ2n) is 6.95. The van der Waals surface area contributed by atoms with Crippen molar-refractivity contribution < 1.29 is 9.90 Å². The Kier molecular flexibility index (Phi) is 4.87. The molecule has 1 fully saturated rings. The summed E-state index contributed by atoms with van der Waals surface area (Å²) >= 11 is 0. The Labute approximate surface area is 138 Å². The van der Waals surface area contributed by atoms with Crippen molar-refractivity contribution in [2.75, 3.05) is 26.7 Å². The van der Waals surface area contributed by atoms with Gasteiger partial charge < -0.3 is 20.6 Å². The fraction of sp³-hybridized carbons (Fsp3) is 0.611.